The van der Waals surface area contributed by atoms with Crippen LogP contribution in [0, 0.1) is 5.82 Å². The molecule has 0 saturated carbocycles. The smallest absolute Gasteiger partial charge is 0.166 e. The third-order valence-corrected chi connectivity index (χ3v) is 2.97. The Morgan fingerprint density at radius 3 is 2.63 bits per heavy atom. The normalized spacial score (nSPS) is 12.2. The molecule has 1 N–H and O–H groups in total. The molecule has 0 aliphatic rings. The van der Waals surface area contributed by atoms with Gasteiger partial charge in [-0.3, -0.25) is 0 Å². The first-order chi connectivity index (χ1) is 9.10. The van der Waals surface area contributed by atoms with Gasteiger partial charge in [-0.25, -0.2) is 4.39 Å². The zero-order valence-electron chi connectivity index (χ0n) is 11.1. The fourth-order valence-corrected chi connectivity index (χ4v) is 1.82. The second kappa shape index (κ2) is 5.85. The highest BCUT2D eigenvalue weighted by Gasteiger charge is 2.09. The maximum atomic E-state index is 13.8. The molecule has 2 aromatic carbocycles. The predicted octanol–water partition coefficient (Wildman–Crippen LogP) is 4.23. The van der Waals surface area contributed by atoms with E-state index in [4.69, 9.17) is 4.74 Å². The average molecular weight is 260 g/mol. The van der Waals surface area contributed by atoms with Crippen molar-refractivity contribution in [2.75, 3.05) is 0 Å². The minimum Gasteiger partial charge on any atom is -0.454 e. The molecule has 0 bridgehead atoms. The minimum absolute atomic E-state index is 0.164. The number of ether oxygens (including phenoxy) is 1. The van der Waals surface area contributed by atoms with Gasteiger partial charge < -0.3 is 9.84 Å². The molecule has 0 fully saturated rings. The van der Waals surface area contributed by atoms with Crippen molar-refractivity contribution in [1.82, 2.24) is 0 Å². The van der Waals surface area contributed by atoms with Gasteiger partial charge >= 0.3 is 0 Å². The van der Waals surface area contributed by atoms with Crippen LogP contribution >= 0.6 is 0 Å². The highest BCUT2D eigenvalue weighted by molar-refractivity contribution is 5.36. The molecular formula is C16H17FO2. The molecule has 1 atom stereocenters. The molecule has 0 aliphatic heterocycles. The van der Waals surface area contributed by atoms with Crippen LogP contribution in [0.5, 0.6) is 11.5 Å². The van der Waals surface area contributed by atoms with Gasteiger partial charge in [-0.2, -0.15) is 0 Å². The van der Waals surface area contributed by atoms with E-state index >= 15 is 0 Å². The van der Waals surface area contributed by atoms with E-state index in [-0.39, 0.29) is 5.75 Å². The molecule has 19 heavy (non-hydrogen) atoms. The van der Waals surface area contributed by atoms with Crippen molar-refractivity contribution in [3.8, 4) is 11.5 Å². The van der Waals surface area contributed by atoms with E-state index in [1.165, 1.54) is 12.1 Å². The first-order valence-electron chi connectivity index (χ1n) is 6.34. The number of rotatable bonds is 4. The quantitative estimate of drug-likeness (QED) is 0.891. The van der Waals surface area contributed by atoms with Gasteiger partial charge in [-0.1, -0.05) is 25.1 Å². The minimum atomic E-state index is -0.688. The zero-order chi connectivity index (χ0) is 13.8. The Morgan fingerprint density at radius 1 is 1.21 bits per heavy atom. The van der Waals surface area contributed by atoms with E-state index in [0.717, 1.165) is 12.0 Å². The fourth-order valence-electron chi connectivity index (χ4n) is 1.82. The highest BCUT2D eigenvalue weighted by Crippen LogP contribution is 2.27. The number of halogens is 1. The topological polar surface area (TPSA) is 29.5 Å². The van der Waals surface area contributed by atoms with Crippen LogP contribution in [0.15, 0.2) is 42.5 Å². The van der Waals surface area contributed by atoms with E-state index in [0.29, 0.717) is 11.3 Å². The van der Waals surface area contributed by atoms with Crippen molar-refractivity contribution in [3.63, 3.8) is 0 Å². The largest absolute Gasteiger partial charge is 0.454 e. The van der Waals surface area contributed by atoms with Gasteiger partial charge in [0.05, 0.1) is 6.10 Å². The van der Waals surface area contributed by atoms with Crippen molar-refractivity contribution in [1.29, 1.82) is 0 Å². The third kappa shape index (κ3) is 3.32. The lowest BCUT2D eigenvalue weighted by Gasteiger charge is -2.10. The lowest BCUT2D eigenvalue weighted by molar-refractivity contribution is 0.198. The molecule has 0 radical (unpaired) electrons. The van der Waals surface area contributed by atoms with Crippen molar-refractivity contribution < 1.29 is 14.2 Å². The standard InChI is InChI=1S/C16H17FO2/c1-3-12-5-4-6-14(9-12)19-16-8-7-13(11(2)18)10-15(16)17/h4-11,18H,3H2,1-2H3. The summed E-state index contributed by atoms with van der Waals surface area (Å²) in [6.45, 7) is 3.65. The molecule has 2 aromatic rings. The molecule has 0 spiro atoms. The van der Waals surface area contributed by atoms with Gasteiger partial charge in [0.15, 0.2) is 11.6 Å². The van der Waals surface area contributed by atoms with Crippen LogP contribution in [0.1, 0.15) is 31.1 Å². The molecule has 3 heteroatoms. The SMILES string of the molecule is CCc1cccc(Oc2ccc(C(C)O)cc2F)c1. The molecule has 2 nitrogen and oxygen atoms in total. The summed E-state index contributed by atoms with van der Waals surface area (Å²) in [4.78, 5) is 0. The highest BCUT2D eigenvalue weighted by atomic mass is 19.1. The fraction of sp³-hybridized carbons (Fsp3) is 0.250. The predicted molar refractivity (Wildman–Crippen MR) is 72.9 cm³/mol. The first-order valence-corrected chi connectivity index (χ1v) is 6.34. The lowest BCUT2D eigenvalue weighted by atomic mass is 10.1. The van der Waals surface area contributed by atoms with Crippen LogP contribution in [-0.2, 0) is 6.42 Å². The van der Waals surface area contributed by atoms with Gasteiger partial charge in [0.25, 0.3) is 0 Å². The molecule has 1 unspecified atom stereocenters. The van der Waals surface area contributed by atoms with E-state index in [2.05, 4.69) is 6.92 Å². The zero-order valence-corrected chi connectivity index (χ0v) is 11.1. The summed E-state index contributed by atoms with van der Waals surface area (Å²) in [7, 11) is 0. The van der Waals surface area contributed by atoms with E-state index in [9.17, 15) is 9.50 Å². The van der Waals surface area contributed by atoms with E-state index in [1.54, 1.807) is 19.1 Å². The Bertz CT molecular complexity index is 564. The Kier molecular flexibility index (Phi) is 4.17. The summed E-state index contributed by atoms with van der Waals surface area (Å²) in [5.41, 5.74) is 1.67. The van der Waals surface area contributed by atoms with Gasteiger partial charge in [0.1, 0.15) is 5.75 Å². The Morgan fingerprint density at radius 2 is 2.00 bits per heavy atom. The maximum Gasteiger partial charge on any atom is 0.166 e. The average Bonchev–Trinajstić information content (AvgIpc) is 2.41. The Balaban J connectivity index is 2.23. The number of hydrogen-bond donors (Lipinski definition) is 1. The molecule has 2 rings (SSSR count). The van der Waals surface area contributed by atoms with Crippen LogP contribution in [0.2, 0.25) is 0 Å². The molecular weight excluding hydrogens is 243 g/mol. The van der Waals surface area contributed by atoms with Crippen LogP contribution in [0.3, 0.4) is 0 Å². The molecule has 0 aromatic heterocycles. The van der Waals surface area contributed by atoms with Crippen LogP contribution in [0.4, 0.5) is 4.39 Å². The Hall–Kier alpha value is -1.87. The number of hydrogen-bond acceptors (Lipinski definition) is 2. The number of benzene rings is 2. The molecule has 0 amide bonds. The monoisotopic (exact) mass is 260 g/mol. The van der Waals surface area contributed by atoms with Gasteiger partial charge in [-0.05, 0) is 48.7 Å². The van der Waals surface area contributed by atoms with E-state index in [1.807, 2.05) is 18.2 Å². The van der Waals surface area contributed by atoms with Gasteiger partial charge in [-0.15, -0.1) is 0 Å². The van der Waals surface area contributed by atoms with Gasteiger partial charge in [0, 0.05) is 0 Å². The molecule has 0 saturated heterocycles. The second-order valence-electron chi connectivity index (χ2n) is 4.47. The van der Waals surface area contributed by atoms with Crippen LogP contribution in [0.25, 0.3) is 0 Å². The summed E-state index contributed by atoms with van der Waals surface area (Å²) in [5, 5.41) is 9.39. The molecule has 0 heterocycles. The molecule has 100 valence electrons. The lowest BCUT2D eigenvalue weighted by Crippen LogP contribution is -1.94. The van der Waals surface area contributed by atoms with Crippen molar-refractivity contribution in [2.24, 2.45) is 0 Å². The summed E-state index contributed by atoms with van der Waals surface area (Å²) < 4.78 is 19.4. The van der Waals surface area contributed by atoms with Crippen molar-refractivity contribution >= 4 is 0 Å². The number of aliphatic hydroxyl groups is 1. The summed E-state index contributed by atoms with van der Waals surface area (Å²) in [6, 6.07) is 12.1. The molecule has 0 aliphatic carbocycles. The summed E-state index contributed by atoms with van der Waals surface area (Å²) in [6.07, 6.45) is 0.215. The second-order valence-corrected chi connectivity index (χ2v) is 4.47. The van der Waals surface area contributed by atoms with Crippen LogP contribution < -0.4 is 4.74 Å². The van der Waals surface area contributed by atoms with Crippen molar-refractivity contribution in [3.05, 3.63) is 59.4 Å². The Labute approximate surface area is 112 Å². The number of aliphatic hydroxyl groups excluding tert-OH is 1. The first kappa shape index (κ1) is 13.6. The van der Waals surface area contributed by atoms with Crippen LogP contribution in [-0.4, -0.2) is 5.11 Å². The third-order valence-electron chi connectivity index (χ3n) is 2.97. The summed E-state index contributed by atoms with van der Waals surface area (Å²) >= 11 is 0. The number of aryl methyl sites for hydroxylation is 1. The maximum absolute atomic E-state index is 13.8. The van der Waals surface area contributed by atoms with E-state index < -0.39 is 11.9 Å². The van der Waals surface area contributed by atoms with Crippen molar-refractivity contribution in [2.45, 2.75) is 26.4 Å². The summed E-state index contributed by atoms with van der Waals surface area (Å²) in [5.74, 6) is 0.306. The van der Waals surface area contributed by atoms with Gasteiger partial charge in [0.2, 0.25) is 0 Å².